The summed E-state index contributed by atoms with van der Waals surface area (Å²) in [6.07, 6.45) is 7.51. The highest BCUT2D eigenvalue weighted by molar-refractivity contribution is 5.97. The number of fused-ring (bicyclic) bond motifs is 1. The van der Waals surface area contributed by atoms with Crippen molar-refractivity contribution in [1.29, 1.82) is 0 Å². The summed E-state index contributed by atoms with van der Waals surface area (Å²) < 4.78 is 13.7. The van der Waals surface area contributed by atoms with Gasteiger partial charge in [0.25, 0.3) is 5.91 Å². The fourth-order valence-electron chi connectivity index (χ4n) is 5.96. The summed E-state index contributed by atoms with van der Waals surface area (Å²) >= 11 is 0. The Kier molecular flexibility index (Phi) is 8.40. The molecule has 1 spiro atoms. The van der Waals surface area contributed by atoms with Gasteiger partial charge in [0.1, 0.15) is 18.0 Å². The fraction of sp³-hybridized carbons (Fsp3) is 0.645. The van der Waals surface area contributed by atoms with E-state index in [1.54, 1.807) is 6.20 Å². The van der Waals surface area contributed by atoms with E-state index in [4.69, 9.17) is 9.47 Å². The number of nitrogens with zero attached hydrogens (tertiary/aromatic N) is 4. The van der Waals surface area contributed by atoms with Gasteiger partial charge in [0.15, 0.2) is 0 Å². The Balaban J connectivity index is 1.45. The van der Waals surface area contributed by atoms with E-state index < -0.39 is 5.60 Å². The molecule has 218 valence electrons. The number of benzene rings is 1. The average Bonchev–Trinajstić information content (AvgIpc) is 3.68. The Hall–Kier alpha value is -3.07. The molecule has 1 aromatic heterocycles. The molecule has 2 amide bonds. The summed E-state index contributed by atoms with van der Waals surface area (Å²) in [4.78, 5) is 31.1. The van der Waals surface area contributed by atoms with Crippen molar-refractivity contribution in [3.05, 3.63) is 47.3 Å². The second-order valence-electron chi connectivity index (χ2n) is 12.8. The van der Waals surface area contributed by atoms with E-state index >= 15 is 0 Å². The highest BCUT2D eigenvalue weighted by Crippen LogP contribution is 2.42. The molecule has 0 radical (unpaired) electrons. The van der Waals surface area contributed by atoms with Gasteiger partial charge in [-0.3, -0.25) is 9.48 Å². The molecule has 2 aromatic rings. The van der Waals surface area contributed by atoms with Crippen LogP contribution in [0.1, 0.15) is 86.8 Å². The minimum atomic E-state index is -0.523. The van der Waals surface area contributed by atoms with Crippen molar-refractivity contribution < 1.29 is 19.1 Å². The van der Waals surface area contributed by atoms with Crippen LogP contribution in [-0.4, -0.2) is 76.5 Å². The SMILES string of the molecule is Cn1nccc1CN1CC2(CCCNCCOc3ccc(C4CC4)cc3C1=O)CCN(C(=O)OC(C)(C)C)CC2. The van der Waals surface area contributed by atoms with Crippen molar-refractivity contribution in [3.63, 3.8) is 0 Å². The van der Waals surface area contributed by atoms with Gasteiger partial charge in [0, 0.05) is 39.4 Å². The maximum Gasteiger partial charge on any atom is 0.410 e. The number of ether oxygens (including phenoxy) is 2. The number of carbonyl (C=O) groups is 2. The zero-order chi connectivity index (χ0) is 28.3. The Labute approximate surface area is 238 Å². The van der Waals surface area contributed by atoms with Crippen molar-refractivity contribution in [1.82, 2.24) is 24.9 Å². The first-order valence-corrected chi connectivity index (χ1v) is 14.8. The van der Waals surface area contributed by atoms with Gasteiger partial charge in [-0.2, -0.15) is 5.10 Å². The first-order chi connectivity index (χ1) is 19.1. The zero-order valence-corrected chi connectivity index (χ0v) is 24.6. The van der Waals surface area contributed by atoms with Crippen molar-refractivity contribution in [2.24, 2.45) is 12.5 Å². The van der Waals surface area contributed by atoms with Gasteiger partial charge in [-0.05, 0) is 101 Å². The molecule has 1 N–H and O–H groups in total. The highest BCUT2D eigenvalue weighted by Gasteiger charge is 2.40. The van der Waals surface area contributed by atoms with E-state index in [0.29, 0.717) is 50.0 Å². The van der Waals surface area contributed by atoms with Crippen LogP contribution in [0.3, 0.4) is 0 Å². The second-order valence-corrected chi connectivity index (χ2v) is 12.8. The van der Waals surface area contributed by atoms with Crippen molar-refractivity contribution in [2.45, 2.75) is 77.4 Å². The number of rotatable bonds is 3. The van der Waals surface area contributed by atoms with E-state index in [-0.39, 0.29) is 17.4 Å². The molecule has 0 unspecified atom stereocenters. The molecule has 0 bridgehead atoms. The topological polar surface area (TPSA) is 88.9 Å². The lowest BCUT2D eigenvalue weighted by molar-refractivity contribution is 0.00175. The molecule has 1 saturated heterocycles. The molecule has 40 heavy (non-hydrogen) atoms. The van der Waals surface area contributed by atoms with Gasteiger partial charge >= 0.3 is 6.09 Å². The van der Waals surface area contributed by atoms with Gasteiger partial charge in [0.05, 0.1) is 17.8 Å². The van der Waals surface area contributed by atoms with E-state index in [9.17, 15) is 9.59 Å². The lowest BCUT2D eigenvalue weighted by atomic mass is 9.74. The lowest BCUT2D eigenvalue weighted by Crippen LogP contribution is -2.50. The predicted molar refractivity (Wildman–Crippen MR) is 153 cm³/mol. The monoisotopic (exact) mass is 551 g/mol. The molecule has 0 atom stereocenters. The van der Waals surface area contributed by atoms with Crippen LogP contribution in [0.4, 0.5) is 4.79 Å². The third-order valence-electron chi connectivity index (χ3n) is 8.44. The number of amides is 2. The van der Waals surface area contributed by atoms with Gasteiger partial charge < -0.3 is 24.6 Å². The summed E-state index contributed by atoms with van der Waals surface area (Å²) in [6, 6.07) is 8.15. The number of nitrogens with one attached hydrogen (secondary N) is 1. The Bertz CT molecular complexity index is 1190. The van der Waals surface area contributed by atoms with Gasteiger partial charge in [0.2, 0.25) is 0 Å². The number of aromatic nitrogens is 2. The number of likely N-dealkylation sites (tertiary alicyclic amines) is 1. The Morgan fingerprint density at radius 3 is 2.60 bits per heavy atom. The molecule has 9 nitrogen and oxygen atoms in total. The minimum Gasteiger partial charge on any atom is -0.491 e. The average molecular weight is 552 g/mol. The molecule has 1 aromatic carbocycles. The molecule has 2 aliphatic heterocycles. The number of hydrogen-bond acceptors (Lipinski definition) is 6. The van der Waals surface area contributed by atoms with Crippen LogP contribution in [0.15, 0.2) is 30.5 Å². The number of hydrogen-bond donors (Lipinski definition) is 1. The third kappa shape index (κ3) is 6.97. The van der Waals surface area contributed by atoms with Gasteiger partial charge in [-0.15, -0.1) is 0 Å². The summed E-state index contributed by atoms with van der Waals surface area (Å²) in [5, 5.41) is 7.88. The van der Waals surface area contributed by atoms with Crippen LogP contribution < -0.4 is 10.1 Å². The molecule has 5 rings (SSSR count). The zero-order valence-electron chi connectivity index (χ0n) is 24.6. The predicted octanol–water partition coefficient (Wildman–Crippen LogP) is 4.72. The highest BCUT2D eigenvalue weighted by atomic mass is 16.6. The van der Waals surface area contributed by atoms with E-state index in [1.165, 1.54) is 18.4 Å². The van der Waals surface area contributed by atoms with Crippen LogP contribution in [0, 0.1) is 5.41 Å². The van der Waals surface area contributed by atoms with Gasteiger partial charge in [-0.1, -0.05) is 6.07 Å². The third-order valence-corrected chi connectivity index (χ3v) is 8.44. The van der Waals surface area contributed by atoms with E-state index in [1.807, 2.05) is 54.4 Å². The maximum absolute atomic E-state index is 14.4. The van der Waals surface area contributed by atoms with Crippen LogP contribution in [-0.2, 0) is 18.3 Å². The summed E-state index contributed by atoms with van der Waals surface area (Å²) in [6.45, 7) is 10.2. The standard InChI is InChI=1S/C31H45N5O4/c1-30(2,3)40-29(38)35-17-12-31(13-18-35)11-5-14-32-16-19-39-27-9-8-24(23-6-7-23)20-26(27)28(37)36(22-31)21-25-10-15-33-34(25)4/h8-10,15,20,23,32H,5-7,11-14,16-19,21-22H2,1-4H3. The molecular formula is C31H45N5O4. The van der Waals surface area contributed by atoms with Gasteiger partial charge in [-0.25, -0.2) is 4.79 Å². The molecule has 3 aliphatic rings. The van der Waals surface area contributed by atoms with Crippen LogP contribution >= 0.6 is 0 Å². The first kappa shape index (κ1) is 28.5. The molecule has 9 heteroatoms. The Morgan fingerprint density at radius 2 is 1.93 bits per heavy atom. The van der Waals surface area contributed by atoms with Crippen LogP contribution in [0.2, 0.25) is 0 Å². The van der Waals surface area contributed by atoms with Crippen LogP contribution in [0.25, 0.3) is 0 Å². The van der Waals surface area contributed by atoms with Crippen LogP contribution in [0.5, 0.6) is 5.75 Å². The number of piperidine rings is 1. The molecule has 2 fully saturated rings. The normalized spacial score (nSPS) is 20.6. The second kappa shape index (κ2) is 11.8. The number of aryl methyl sites for hydroxylation is 1. The van der Waals surface area contributed by atoms with E-state index in [0.717, 1.165) is 44.5 Å². The quantitative estimate of drug-likeness (QED) is 0.594. The lowest BCUT2D eigenvalue weighted by Gasteiger charge is -2.44. The largest absolute Gasteiger partial charge is 0.491 e. The van der Waals surface area contributed by atoms with Crippen molar-refractivity contribution in [3.8, 4) is 5.75 Å². The molecular weight excluding hydrogens is 506 g/mol. The Morgan fingerprint density at radius 1 is 1.15 bits per heavy atom. The van der Waals surface area contributed by atoms with E-state index in [2.05, 4.69) is 22.5 Å². The minimum absolute atomic E-state index is 0.000136. The maximum atomic E-state index is 14.4. The van der Waals surface area contributed by atoms with Crippen molar-refractivity contribution >= 4 is 12.0 Å². The van der Waals surface area contributed by atoms with Crippen molar-refractivity contribution in [2.75, 3.05) is 39.3 Å². The molecule has 3 heterocycles. The fourth-order valence-corrected chi connectivity index (χ4v) is 5.96. The first-order valence-electron chi connectivity index (χ1n) is 14.8. The molecule has 1 aliphatic carbocycles. The summed E-state index contributed by atoms with van der Waals surface area (Å²) in [5.74, 6) is 1.19. The summed E-state index contributed by atoms with van der Waals surface area (Å²) in [5.41, 5.74) is 2.23. The number of carbonyl (C=O) groups excluding carboxylic acids is 2. The smallest absolute Gasteiger partial charge is 0.410 e. The molecule has 1 saturated carbocycles. The summed E-state index contributed by atoms with van der Waals surface area (Å²) in [7, 11) is 1.92.